The average Bonchev–Trinajstić information content (AvgIpc) is 2.78. The lowest BCUT2D eigenvalue weighted by molar-refractivity contribution is 0.410. The predicted molar refractivity (Wildman–Crippen MR) is 82.2 cm³/mol. The van der Waals surface area contributed by atoms with E-state index in [1.54, 1.807) is 12.4 Å². The zero-order chi connectivity index (χ0) is 14.8. The SMILES string of the molecule is CC(C)(C)NCc1ncnn1Cc1ccc(Cl)c(Cl)c1. The number of nitrogens with one attached hydrogen (secondary N) is 1. The van der Waals surface area contributed by atoms with Crippen molar-refractivity contribution in [2.24, 2.45) is 0 Å². The van der Waals surface area contributed by atoms with Crippen LogP contribution < -0.4 is 5.32 Å². The van der Waals surface area contributed by atoms with Crippen molar-refractivity contribution in [1.82, 2.24) is 20.1 Å². The summed E-state index contributed by atoms with van der Waals surface area (Å²) in [7, 11) is 0. The van der Waals surface area contributed by atoms with Crippen LogP contribution in [0.2, 0.25) is 10.0 Å². The third-order valence-electron chi connectivity index (χ3n) is 2.79. The number of aromatic nitrogens is 3. The smallest absolute Gasteiger partial charge is 0.141 e. The summed E-state index contributed by atoms with van der Waals surface area (Å²) in [6, 6.07) is 5.59. The van der Waals surface area contributed by atoms with E-state index in [1.807, 2.05) is 16.8 Å². The zero-order valence-electron chi connectivity index (χ0n) is 11.8. The molecule has 1 heterocycles. The minimum Gasteiger partial charge on any atom is -0.305 e. The molecule has 0 aliphatic rings. The maximum Gasteiger partial charge on any atom is 0.141 e. The summed E-state index contributed by atoms with van der Waals surface area (Å²) in [4.78, 5) is 4.29. The third kappa shape index (κ3) is 4.20. The molecule has 0 unspecified atom stereocenters. The summed E-state index contributed by atoms with van der Waals surface area (Å²) in [6.07, 6.45) is 1.57. The number of nitrogens with zero attached hydrogens (tertiary/aromatic N) is 3. The van der Waals surface area contributed by atoms with Gasteiger partial charge in [-0.3, -0.25) is 0 Å². The maximum atomic E-state index is 6.03. The lowest BCUT2D eigenvalue weighted by Crippen LogP contribution is -2.36. The van der Waals surface area contributed by atoms with E-state index in [1.165, 1.54) is 0 Å². The summed E-state index contributed by atoms with van der Waals surface area (Å²) in [5.41, 5.74) is 1.09. The second-order valence-electron chi connectivity index (χ2n) is 5.69. The molecule has 0 spiro atoms. The Kier molecular flexibility index (Phi) is 4.68. The van der Waals surface area contributed by atoms with Crippen LogP contribution in [-0.4, -0.2) is 20.3 Å². The van der Waals surface area contributed by atoms with Gasteiger partial charge in [0.15, 0.2) is 0 Å². The van der Waals surface area contributed by atoms with Crippen molar-refractivity contribution in [2.75, 3.05) is 0 Å². The van der Waals surface area contributed by atoms with Crippen molar-refractivity contribution in [2.45, 2.75) is 39.4 Å². The van der Waals surface area contributed by atoms with Crippen molar-refractivity contribution >= 4 is 23.2 Å². The molecule has 0 radical (unpaired) electrons. The molecule has 0 saturated carbocycles. The molecule has 0 bridgehead atoms. The Morgan fingerprint density at radius 2 is 1.95 bits per heavy atom. The average molecular weight is 313 g/mol. The molecule has 2 rings (SSSR count). The number of hydrogen-bond donors (Lipinski definition) is 1. The van der Waals surface area contributed by atoms with Gasteiger partial charge in [-0.25, -0.2) is 9.67 Å². The van der Waals surface area contributed by atoms with Crippen molar-refractivity contribution < 1.29 is 0 Å². The van der Waals surface area contributed by atoms with E-state index >= 15 is 0 Å². The van der Waals surface area contributed by atoms with Gasteiger partial charge in [0, 0.05) is 5.54 Å². The van der Waals surface area contributed by atoms with Crippen LogP contribution in [0.5, 0.6) is 0 Å². The molecule has 0 fully saturated rings. The van der Waals surface area contributed by atoms with Gasteiger partial charge in [-0.05, 0) is 38.5 Å². The van der Waals surface area contributed by atoms with Gasteiger partial charge in [0.05, 0.1) is 23.1 Å². The standard InChI is InChI=1S/C14H18Cl2N4/c1-14(2,3)18-7-13-17-9-19-20(13)8-10-4-5-11(15)12(16)6-10/h4-6,9,18H,7-8H2,1-3H3. The van der Waals surface area contributed by atoms with E-state index < -0.39 is 0 Å². The normalized spacial score (nSPS) is 11.8. The minimum absolute atomic E-state index is 0.0420. The van der Waals surface area contributed by atoms with Crippen molar-refractivity contribution in [1.29, 1.82) is 0 Å². The van der Waals surface area contributed by atoms with Gasteiger partial charge in [0.1, 0.15) is 12.2 Å². The van der Waals surface area contributed by atoms with Crippen LogP contribution in [0.4, 0.5) is 0 Å². The van der Waals surface area contributed by atoms with E-state index in [9.17, 15) is 0 Å². The Balaban J connectivity index is 2.10. The van der Waals surface area contributed by atoms with Crippen LogP contribution >= 0.6 is 23.2 Å². The van der Waals surface area contributed by atoms with Gasteiger partial charge in [0.25, 0.3) is 0 Å². The molecule has 20 heavy (non-hydrogen) atoms. The molecule has 108 valence electrons. The van der Waals surface area contributed by atoms with Gasteiger partial charge >= 0.3 is 0 Å². The highest BCUT2D eigenvalue weighted by Crippen LogP contribution is 2.23. The molecule has 6 heteroatoms. The van der Waals surface area contributed by atoms with Crippen molar-refractivity contribution in [3.63, 3.8) is 0 Å². The Morgan fingerprint density at radius 1 is 1.20 bits per heavy atom. The highest BCUT2D eigenvalue weighted by atomic mass is 35.5. The summed E-state index contributed by atoms with van der Waals surface area (Å²) < 4.78 is 1.86. The van der Waals surface area contributed by atoms with E-state index in [4.69, 9.17) is 23.2 Å². The predicted octanol–water partition coefficient (Wildman–Crippen LogP) is 3.52. The summed E-state index contributed by atoms with van der Waals surface area (Å²) in [5, 5.41) is 8.77. The largest absolute Gasteiger partial charge is 0.305 e. The van der Waals surface area contributed by atoms with Crippen molar-refractivity contribution in [3.05, 3.63) is 46.0 Å². The topological polar surface area (TPSA) is 42.7 Å². The number of benzene rings is 1. The highest BCUT2D eigenvalue weighted by Gasteiger charge is 2.12. The molecular formula is C14H18Cl2N4. The molecule has 4 nitrogen and oxygen atoms in total. The second kappa shape index (κ2) is 6.12. The van der Waals surface area contributed by atoms with Gasteiger partial charge in [-0.1, -0.05) is 29.3 Å². The monoisotopic (exact) mass is 312 g/mol. The van der Waals surface area contributed by atoms with E-state index in [-0.39, 0.29) is 5.54 Å². The van der Waals surface area contributed by atoms with E-state index in [0.717, 1.165) is 11.4 Å². The molecule has 0 amide bonds. The fourth-order valence-electron chi connectivity index (χ4n) is 1.71. The Morgan fingerprint density at radius 3 is 2.60 bits per heavy atom. The number of rotatable bonds is 4. The van der Waals surface area contributed by atoms with Gasteiger partial charge in [0.2, 0.25) is 0 Å². The van der Waals surface area contributed by atoms with E-state index in [0.29, 0.717) is 23.1 Å². The first kappa shape index (κ1) is 15.3. The highest BCUT2D eigenvalue weighted by molar-refractivity contribution is 6.42. The number of halogens is 2. The van der Waals surface area contributed by atoms with Crippen LogP contribution in [0.1, 0.15) is 32.2 Å². The van der Waals surface area contributed by atoms with E-state index in [2.05, 4.69) is 36.2 Å². The molecule has 0 saturated heterocycles. The summed E-state index contributed by atoms with van der Waals surface area (Å²) in [5.74, 6) is 0.894. The van der Waals surface area contributed by atoms with Crippen LogP contribution in [0.25, 0.3) is 0 Å². The lowest BCUT2D eigenvalue weighted by Gasteiger charge is -2.20. The number of hydrogen-bond acceptors (Lipinski definition) is 3. The Hall–Kier alpha value is -1.10. The fraction of sp³-hybridized carbons (Fsp3) is 0.429. The summed E-state index contributed by atoms with van der Waals surface area (Å²) >= 11 is 11.9. The Bertz CT molecular complexity index is 587. The molecule has 2 aromatic rings. The van der Waals surface area contributed by atoms with Crippen LogP contribution in [0, 0.1) is 0 Å². The molecule has 1 aromatic carbocycles. The van der Waals surface area contributed by atoms with Crippen LogP contribution in [0.15, 0.2) is 24.5 Å². The first-order valence-corrected chi connectivity index (χ1v) is 7.16. The Labute approximate surface area is 129 Å². The minimum atomic E-state index is 0.0420. The summed E-state index contributed by atoms with van der Waals surface area (Å²) in [6.45, 7) is 7.65. The maximum absolute atomic E-state index is 6.03. The van der Waals surface area contributed by atoms with Crippen LogP contribution in [-0.2, 0) is 13.1 Å². The van der Waals surface area contributed by atoms with Crippen LogP contribution in [0.3, 0.4) is 0 Å². The van der Waals surface area contributed by atoms with Gasteiger partial charge in [-0.2, -0.15) is 5.10 Å². The van der Waals surface area contributed by atoms with Gasteiger partial charge in [-0.15, -0.1) is 0 Å². The fourth-order valence-corrected chi connectivity index (χ4v) is 2.03. The van der Waals surface area contributed by atoms with Gasteiger partial charge < -0.3 is 5.32 Å². The molecule has 1 N–H and O–H groups in total. The molecule has 0 atom stereocenters. The quantitative estimate of drug-likeness (QED) is 0.939. The molecular weight excluding hydrogens is 295 g/mol. The molecule has 0 aliphatic heterocycles. The molecule has 0 aliphatic carbocycles. The first-order valence-electron chi connectivity index (χ1n) is 6.41. The third-order valence-corrected chi connectivity index (χ3v) is 3.53. The zero-order valence-corrected chi connectivity index (χ0v) is 13.3. The second-order valence-corrected chi connectivity index (χ2v) is 6.50. The first-order chi connectivity index (χ1) is 9.35. The van der Waals surface area contributed by atoms with Crippen molar-refractivity contribution in [3.8, 4) is 0 Å². The molecule has 1 aromatic heterocycles. The lowest BCUT2D eigenvalue weighted by atomic mass is 10.1.